The maximum atomic E-state index is 2.80. The third-order valence-electron chi connectivity index (χ3n) is 5.60. The van der Waals surface area contributed by atoms with E-state index in [1.807, 2.05) is 0 Å². The number of fused-ring (bicyclic) bond motifs is 2. The fraction of sp³-hybridized carbons (Fsp3) is 0.429. The summed E-state index contributed by atoms with van der Waals surface area (Å²) in [7, 11) is 0. The van der Waals surface area contributed by atoms with Gasteiger partial charge in [-0.25, -0.2) is 0 Å². The highest BCUT2D eigenvalue weighted by Crippen LogP contribution is 2.42. The number of rotatable bonds is 3. The number of hydrogen-bond acceptors (Lipinski definition) is 1. The van der Waals surface area contributed by atoms with E-state index in [0.29, 0.717) is 0 Å². The van der Waals surface area contributed by atoms with Gasteiger partial charge in [-0.2, -0.15) is 0 Å². The highest BCUT2D eigenvalue weighted by Gasteiger charge is 2.38. The average Bonchev–Trinajstić information content (AvgIpc) is 2.56. The SMILES string of the molecule is c1ccc(CN2[C@H]3CCC[C@H]2CC(c2ccccc2)C3)cc1. The van der Waals surface area contributed by atoms with Crippen LogP contribution in [0.5, 0.6) is 0 Å². The lowest BCUT2D eigenvalue weighted by Gasteiger charge is -2.49. The zero-order chi connectivity index (χ0) is 14.8. The largest absolute Gasteiger partial charge is 0.293 e. The van der Waals surface area contributed by atoms with Crippen LogP contribution < -0.4 is 0 Å². The molecule has 2 aromatic rings. The molecule has 4 rings (SSSR count). The second-order valence-corrected chi connectivity index (χ2v) is 6.98. The summed E-state index contributed by atoms with van der Waals surface area (Å²) >= 11 is 0. The first kappa shape index (κ1) is 14.0. The molecule has 2 aliphatic rings. The van der Waals surface area contributed by atoms with Gasteiger partial charge in [-0.3, -0.25) is 4.90 Å². The number of piperidine rings is 2. The summed E-state index contributed by atoms with van der Waals surface area (Å²) in [4.78, 5) is 2.80. The fourth-order valence-corrected chi connectivity index (χ4v) is 4.53. The van der Waals surface area contributed by atoms with Gasteiger partial charge in [0, 0.05) is 18.6 Å². The summed E-state index contributed by atoms with van der Waals surface area (Å²) in [6.45, 7) is 1.14. The molecular weight excluding hydrogens is 266 g/mol. The average molecular weight is 291 g/mol. The Labute approximate surface area is 134 Å². The second-order valence-electron chi connectivity index (χ2n) is 6.98. The van der Waals surface area contributed by atoms with Gasteiger partial charge in [-0.15, -0.1) is 0 Å². The fourth-order valence-electron chi connectivity index (χ4n) is 4.53. The number of nitrogens with zero attached hydrogens (tertiary/aromatic N) is 1. The molecular formula is C21H25N. The highest BCUT2D eigenvalue weighted by atomic mass is 15.2. The van der Waals surface area contributed by atoms with Crippen LogP contribution in [0.15, 0.2) is 60.7 Å². The van der Waals surface area contributed by atoms with E-state index in [4.69, 9.17) is 0 Å². The zero-order valence-electron chi connectivity index (χ0n) is 13.2. The predicted octanol–water partition coefficient (Wildman–Crippen LogP) is 4.99. The Hall–Kier alpha value is -1.60. The molecule has 22 heavy (non-hydrogen) atoms. The summed E-state index contributed by atoms with van der Waals surface area (Å²) < 4.78 is 0. The van der Waals surface area contributed by atoms with Gasteiger partial charge in [0.25, 0.3) is 0 Å². The number of hydrogen-bond donors (Lipinski definition) is 0. The monoisotopic (exact) mass is 291 g/mol. The molecule has 0 aromatic heterocycles. The van der Waals surface area contributed by atoms with Crippen molar-refractivity contribution in [2.24, 2.45) is 0 Å². The lowest BCUT2D eigenvalue weighted by molar-refractivity contribution is 0.0231. The van der Waals surface area contributed by atoms with Crippen LogP contribution in [0.1, 0.15) is 49.1 Å². The second kappa shape index (κ2) is 6.26. The van der Waals surface area contributed by atoms with Crippen molar-refractivity contribution < 1.29 is 0 Å². The molecule has 2 aliphatic heterocycles. The first-order chi connectivity index (χ1) is 10.9. The van der Waals surface area contributed by atoms with Crippen molar-refractivity contribution in [2.75, 3.05) is 0 Å². The maximum Gasteiger partial charge on any atom is 0.0239 e. The zero-order valence-corrected chi connectivity index (χ0v) is 13.2. The highest BCUT2D eigenvalue weighted by molar-refractivity contribution is 5.22. The van der Waals surface area contributed by atoms with E-state index in [0.717, 1.165) is 24.5 Å². The molecule has 0 radical (unpaired) electrons. The van der Waals surface area contributed by atoms with Gasteiger partial charge in [0.15, 0.2) is 0 Å². The van der Waals surface area contributed by atoms with Crippen LogP contribution in [-0.4, -0.2) is 17.0 Å². The quantitative estimate of drug-likeness (QED) is 0.770. The van der Waals surface area contributed by atoms with Crippen LogP contribution in [0.3, 0.4) is 0 Å². The molecule has 2 fully saturated rings. The van der Waals surface area contributed by atoms with E-state index in [1.54, 1.807) is 5.56 Å². The van der Waals surface area contributed by atoms with Gasteiger partial charge in [-0.05, 0) is 42.7 Å². The Bertz CT molecular complexity index is 578. The standard InChI is InChI=1S/C21H25N/c1-3-8-17(9-4-1)16-22-20-12-7-13-21(22)15-19(14-20)18-10-5-2-6-11-18/h1-6,8-11,19-21H,7,12-16H2/t20-,21-/m0/s1. The minimum absolute atomic E-state index is 0.767. The lowest BCUT2D eigenvalue weighted by atomic mass is 9.75. The van der Waals surface area contributed by atoms with Gasteiger partial charge >= 0.3 is 0 Å². The molecule has 1 heteroatoms. The van der Waals surface area contributed by atoms with Crippen LogP contribution in [0.4, 0.5) is 0 Å². The lowest BCUT2D eigenvalue weighted by Crippen LogP contribution is -2.50. The summed E-state index contributed by atoms with van der Waals surface area (Å²) in [6.07, 6.45) is 6.86. The summed E-state index contributed by atoms with van der Waals surface area (Å²) in [5.41, 5.74) is 3.02. The molecule has 0 spiro atoms. The smallest absolute Gasteiger partial charge is 0.0239 e. The Balaban J connectivity index is 1.52. The Morgan fingerprint density at radius 2 is 1.36 bits per heavy atom. The van der Waals surface area contributed by atoms with Crippen molar-refractivity contribution in [3.8, 4) is 0 Å². The Kier molecular flexibility index (Phi) is 3.99. The van der Waals surface area contributed by atoms with Crippen LogP contribution in [-0.2, 0) is 6.54 Å². The molecule has 0 N–H and O–H groups in total. The minimum Gasteiger partial charge on any atom is -0.293 e. The summed E-state index contributed by atoms with van der Waals surface area (Å²) in [5.74, 6) is 0.767. The summed E-state index contributed by atoms with van der Waals surface area (Å²) in [5, 5.41) is 0. The van der Waals surface area contributed by atoms with Crippen LogP contribution in [0.25, 0.3) is 0 Å². The van der Waals surface area contributed by atoms with Crippen LogP contribution >= 0.6 is 0 Å². The Morgan fingerprint density at radius 3 is 2.00 bits per heavy atom. The molecule has 0 amide bonds. The molecule has 0 unspecified atom stereocenters. The first-order valence-electron chi connectivity index (χ1n) is 8.75. The van der Waals surface area contributed by atoms with Crippen LogP contribution in [0.2, 0.25) is 0 Å². The molecule has 114 valence electrons. The van der Waals surface area contributed by atoms with E-state index < -0.39 is 0 Å². The molecule has 2 saturated heterocycles. The van der Waals surface area contributed by atoms with Crippen molar-refractivity contribution in [3.63, 3.8) is 0 Å². The molecule has 2 bridgehead atoms. The predicted molar refractivity (Wildman–Crippen MR) is 91.8 cm³/mol. The van der Waals surface area contributed by atoms with Crippen molar-refractivity contribution in [3.05, 3.63) is 71.8 Å². The van der Waals surface area contributed by atoms with E-state index in [-0.39, 0.29) is 0 Å². The van der Waals surface area contributed by atoms with E-state index in [1.165, 1.54) is 37.7 Å². The normalized spacial score (nSPS) is 28.5. The Morgan fingerprint density at radius 1 is 0.773 bits per heavy atom. The van der Waals surface area contributed by atoms with E-state index >= 15 is 0 Å². The molecule has 0 saturated carbocycles. The van der Waals surface area contributed by atoms with Gasteiger partial charge in [-0.1, -0.05) is 67.1 Å². The van der Waals surface area contributed by atoms with Gasteiger partial charge < -0.3 is 0 Å². The van der Waals surface area contributed by atoms with Crippen LogP contribution in [0, 0.1) is 0 Å². The first-order valence-corrected chi connectivity index (χ1v) is 8.75. The third kappa shape index (κ3) is 2.83. The van der Waals surface area contributed by atoms with Gasteiger partial charge in [0.2, 0.25) is 0 Å². The molecule has 2 atom stereocenters. The van der Waals surface area contributed by atoms with Crippen molar-refractivity contribution in [1.29, 1.82) is 0 Å². The topological polar surface area (TPSA) is 3.24 Å². The molecule has 2 heterocycles. The minimum atomic E-state index is 0.767. The van der Waals surface area contributed by atoms with Crippen molar-refractivity contribution in [1.82, 2.24) is 4.90 Å². The maximum absolute atomic E-state index is 2.80. The van der Waals surface area contributed by atoms with Crippen molar-refractivity contribution >= 4 is 0 Å². The number of benzene rings is 2. The van der Waals surface area contributed by atoms with Crippen molar-refractivity contribution in [2.45, 2.75) is 56.7 Å². The van der Waals surface area contributed by atoms with E-state index in [9.17, 15) is 0 Å². The molecule has 2 aromatic carbocycles. The van der Waals surface area contributed by atoms with Gasteiger partial charge in [0.05, 0.1) is 0 Å². The van der Waals surface area contributed by atoms with E-state index in [2.05, 4.69) is 65.6 Å². The molecule has 1 nitrogen and oxygen atoms in total. The van der Waals surface area contributed by atoms with Gasteiger partial charge in [0.1, 0.15) is 0 Å². The molecule has 0 aliphatic carbocycles. The summed E-state index contributed by atoms with van der Waals surface area (Å²) in [6, 6.07) is 23.7. The third-order valence-corrected chi connectivity index (χ3v) is 5.60.